The van der Waals surface area contributed by atoms with Crippen molar-refractivity contribution in [2.75, 3.05) is 6.61 Å². The lowest BCUT2D eigenvalue weighted by molar-refractivity contribution is 0.340. The molecule has 0 atom stereocenters. The highest BCUT2D eigenvalue weighted by Gasteiger charge is 2.12. The summed E-state index contributed by atoms with van der Waals surface area (Å²) in [5.74, 6) is 1.60. The SMILES string of the molecule is CCOc1ccc(-c2ccc(=O)n(Cc3nc(-c4ccc(C)c(C)c4)no3)n2)cc1. The molecule has 4 rings (SSSR count). The minimum Gasteiger partial charge on any atom is -0.494 e. The van der Waals surface area contributed by atoms with Crippen LogP contribution in [-0.2, 0) is 6.54 Å². The average Bonchev–Trinajstić information content (AvgIpc) is 3.21. The molecule has 7 heteroatoms. The highest BCUT2D eigenvalue weighted by molar-refractivity contribution is 5.59. The van der Waals surface area contributed by atoms with Crippen molar-refractivity contribution in [1.82, 2.24) is 19.9 Å². The average molecular weight is 402 g/mol. The Balaban J connectivity index is 1.58. The topological polar surface area (TPSA) is 83.0 Å². The number of nitrogens with zero attached hydrogens (tertiary/aromatic N) is 4. The minimum atomic E-state index is -0.240. The van der Waals surface area contributed by atoms with Gasteiger partial charge in [0.15, 0.2) is 0 Å². The zero-order valence-corrected chi connectivity index (χ0v) is 17.1. The largest absolute Gasteiger partial charge is 0.494 e. The standard InChI is InChI=1S/C23H22N4O3/c1-4-29-19-9-7-17(8-10-19)20-11-12-22(28)27(25-20)14-21-24-23(26-30-21)18-6-5-15(2)16(3)13-18/h5-13H,4,14H2,1-3H3. The molecule has 30 heavy (non-hydrogen) atoms. The monoisotopic (exact) mass is 402 g/mol. The van der Waals surface area contributed by atoms with Crippen LogP contribution in [0.25, 0.3) is 22.6 Å². The summed E-state index contributed by atoms with van der Waals surface area (Å²) in [5, 5.41) is 8.50. The van der Waals surface area contributed by atoms with Crippen molar-refractivity contribution in [3.8, 4) is 28.4 Å². The van der Waals surface area contributed by atoms with Crippen LogP contribution in [0.5, 0.6) is 5.75 Å². The van der Waals surface area contributed by atoms with E-state index in [1.54, 1.807) is 6.07 Å². The van der Waals surface area contributed by atoms with Gasteiger partial charge in [-0.05, 0) is 68.3 Å². The van der Waals surface area contributed by atoms with Gasteiger partial charge in [-0.3, -0.25) is 4.79 Å². The van der Waals surface area contributed by atoms with Crippen LogP contribution in [0.15, 0.2) is 63.9 Å². The molecule has 2 aromatic heterocycles. The maximum absolute atomic E-state index is 12.3. The first-order valence-corrected chi connectivity index (χ1v) is 9.75. The quantitative estimate of drug-likeness (QED) is 0.484. The molecule has 7 nitrogen and oxygen atoms in total. The first kappa shape index (κ1) is 19.6. The fourth-order valence-corrected chi connectivity index (χ4v) is 3.05. The van der Waals surface area contributed by atoms with Crippen LogP contribution >= 0.6 is 0 Å². The molecule has 0 aliphatic rings. The molecular weight excluding hydrogens is 380 g/mol. The van der Waals surface area contributed by atoms with E-state index < -0.39 is 0 Å². The van der Waals surface area contributed by atoms with E-state index in [-0.39, 0.29) is 12.1 Å². The Labute approximate surface area is 174 Å². The van der Waals surface area contributed by atoms with E-state index in [0.29, 0.717) is 24.0 Å². The summed E-state index contributed by atoms with van der Waals surface area (Å²) in [6, 6.07) is 16.7. The lowest BCUT2D eigenvalue weighted by Gasteiger charge is -2.07. The number of hydrogen-bond acceptors (Lipinski definition) is 6. The van der Waals surface area contributed by atoms with E-state index in [9.17, 15) is 4.79 Å². The van der Waals surface area contributed by atoms with Gasteiger partial charge in [0.1, 0.15) is 12.3 Å². The maximum atomic E-state index is 12.3. The van der Waals surface area contributed by atoms with E-state index in [1.165, 1.54) is 16.3 Å². The van der Waals surface area contributed by atoms with Crippen molar-refractivity contribution >= 4 is 0 Å². The Bertz CT molecular complexity index is 1230. The van der Waals surface area contributed by atoms with E-state index in [2.05, 4.69) is 22.2 Å². The molecule has 0 fully saturated rings. The molecule has 0 radical (unpaired) electrons. The van der Waals surface area contributed by atoms with Crippen LogP contribution in [0.1, 0.15) is 23.9 Å². The summed E-state index contributed by atoms with van der Waals surface area (Å²) in [7, 11) is 0. The van der Waals surface area contributed by atoms with Crippen LogP contribution < -0.4 is 10.3 Å². The molecule has 0 saturated heterocycles. The van der Waals surface area contributed by atoms with Crippen LogP contribution in [0.3, 0.4) is 0 Å². The molecule has 0 aliphatic heterocycles. The predicted molar refractivity (Wildman–Crippen MR) is 113 cm³/mol. The third kappa shape index (κ3) is 4.15. The van der Waals surface area contributed by atoms with Crippen LogP contribution in [0.4, 0.5) is 0 Å². The van der Waals surface area contributed by atoms with E-state index >= 15 is 0 Å². The zero-order valence-electron chi connectivity index (χ0n) is 17.1. The van der Waals surface area contributed by atoms with Crippen molar-refractivity contribution in [3.63, 3.8) is 0 Å². The molecule has 0 aliphatic carbocycles. The van der Waals surface area contributed by atoms with Gasteiger partial charge in [-0.25, -0.2) is 4.68 Å². The summed E-state index contributed by atoms with van der Waals surface area (Å²) < 4.78 is 12.1. The first-order chi connectivity index (χ1) is 14.5. The van der Waals surface area contributed by atoms with Crippen molar-refractivity contribution in [2.24, 2.45) is 0 Å². The third-order valence-corrected chi connectivity index (χ3v) is 4.85. The van der Waals surface area contributed by atoms with Gasteiger partial charge in [0, 0.05) is 17.2 Å². The second kappa shape index (κ2) is 8.32. The first-order valence-electron chi connectivity index (χ1n) is 9.75. The second-order valence-electron chi connectivity index (χ2n) is 6.98. The van der Waals surface area contributed by atoms with Gasteiger partial charge in [-0.2, -0.15) is 10.1 Å². The van der Waals surface area contributed by atoms with Crippen LogP contribution in [0.2, 0.25) is 0 Å². The molecule has 0 unspecified atom stereocenters. The van der Waals surface area contributed by atoms with Crippen LogP contribution in [0, 0.1) is 13.8 Å². The number of ether oxygens (including phenoxy) is 1. The molecule has 0 N–H and O–H groups in total. The minimum absolute atomic E-state index is 0.0988. The number of benzene rings is 2. The fraction of sp³-hybridized carbons (Fsp3) is 0.217. The highest BCUT2D eigenvalue weighted by Crippen LogP contribution is 2.21. The predicted octanol–water partition coefficient (Wildman–Crippen LogP) is 4.02. The summed E-state index contributed by atoms with van der Waals surface area (Å²) >= 11 is 0. The zero-order chi connectivity index (χ0) is 21.1. The Morgan fingerprint density at radius 1 is 0.967 bits per heavy atom. The van der Waals surface area contributed by atoms with Gasteiger partial charge in [0.05, 0.1) is 12.3 Å². The van der Waals surface area contributed by atoms with Crippen molar-refractivity contribution in [1.29, 1.82) is 0 Å². The van der Waals surface area contributed by atoms with Crippen molar-refractivity contribution in [2.45, 2.75) is 27.3 Å². The molecule has 0 bridgehead atoms. The van der Waals surface area contributed by atoms with E-state index in [1.807, 2.05) is 56.3 Å². The Morgan fingerprint density at radius 3 is 2.47 bits per heavy atom. The van der Waals surface area contributed by atoms with Gasteiger partial charge < -0.3 is 9.26 Å². The smallest absolute Gasteiger partial charge is 0.267 e. The van der Waals surface area contributed by atoms with Gasteiger partial charge in [0.25, 0.3) is 5.56 Å². The summed E-state index contributed by atoms with van der Waals surface area (Å²) in [5.41, 5.74) is 4.54. The number of hydrogen-bond donors (Lipinski definition) is 0. The van der Waals surface area contributed by atoms with Crippen molar-refractivity contribution in [3.05, 3.63) is 82.0 Å². The van der Waals surface area contributed by atoms with Gasteiger partial charge in [0.2, 0.25) is 11.7 Å². The lowest BCUT2D eigenvalue weighted by atomic mass is 10.1. The van der Waals surface area contributed by atoms with Gasteiger partial charge >= 0.3 is 0 Å². The molecule has 0 spiro atoms. The number of aromatic nitrogens is 4. The number of rotatable bonds is 6. The van der Waals surface area contributed by atoms with Crippen molar-refractivity contribution < 1.29 is 9.26 Å². The molecular formula is C23H22N4O3. The second-order valence-corrected chi connectivity index (χ2v) is 6.98. The van der Waals surface area contributed by atoms with E-state index in [0.717, 1.165) is 22.4 Å². The van der Waals surface area contributed by atoms with Gasteiger partial charge in [-0.1, -0.05) is 17.3 Å². The summed E-state index contributed by atoms with van der Waals surface area (Å²) in [4.78, 5) is 16.7. The number of aryl methyl sites for hydroxylation is 2. The summed E-state index contributed by atoms with van der Waals surface area (Å²) in [6.45, 7) is 6.73. The summed E-state index contributed by atoms with van der Waals surface area (Å²) in [6.07, 6.45) is 0. The van der Waals surface area contributed by atoms with Crippen LogP contribution in [-0.4, -0.2) is 26.5 Å². The van der Waals surface area contributed by atoms with E-state index in [4.69, 9.17) is 9.26 Å². The van der Waals surface area contributed by atoms with Gasteiger partial charge in [-0.15, -0.1) is 0 Å². The molecule has 0 amide bonds. The maximum Gasteiger partial charge on any atom is 0.267 e. The molecule has 4 aromatic rings. The lowest BCUT2D eigenvalue weighted by Crippen LogP contribution is -2.23. The Hall–Kier alpha value is -3.74. The highest BCUT2D eigenvalue weighted by atomic mass is 16.5. The molecule has 152 valence electrons. The third-order valence-electron chi connectivity index (χ3n) is 4.85. The Morgan fingerprint density at radius 2 is 1.73 bits per heavy atom. The normalized spacial score (nSPS) is 10.9. The fourth-order valence-electron chi connectivity index (χ4n) is 3.05. The molecule has 0 saturated carbocycles. The molecule has 2 heterocycles. The molecule has 2 aromatic carbocycles. The Kier molecular flexibility index (Phi) is 5.43.